The predicted octanol–water partition coefficient (Wildman–Crippen LogP) is 1.98. The molecule has 0 aromatic carbocycles. The van der Waals surface area contributed by atoms with E-state index in [4.69, 9.17) is 5.73 Å². The highest BCUT2D eigenvalue weighted by Gasteiger charge is 2.35. The molecule has 6 heteroatoms. The minimum Gasteiger partial charge on any atom is -0.368 e. The Balaban J connectivity index is 1.63. The van der Waals surface area contributed by atoms with E-state index in [2.05, 4.69) is 43.1 Å². The van der Waals surface area contributed by atoms with Gasteiger partial charge in [0.2, 0.25) is 5.95 Å². The monoisotopic (exact) mass is 301 g/mol. The Kier molecular flexibility index (Phi) is 3.27. The van der Waals surface area contributed by atoms with Gasteiger partial charge >= 0.3 is 0 Å². The van der Waals surface area contributed by atoms with Crippen LogP contribution in [0.2, 0.25) is 0 Å². The van der Waals surface area contributed by atoms with E-state index in [1.54, 1.807) is 11.3 Å². The number of piperidine rings is 1. The largest absolute Gasteiger partial charge is 0.368 e. The van der Waals surface area contributed by atoms with E-state index in [1.807, 2.05) is 0 Å². The maximum Gasteiger partial charge on any atom is 0.222 e. The first-order valence-corrected chi connectivity index (χ1v) is 8.39. The summed E-state index contributed by atoms with van der Waals surface area (Å²) in [6.45, 7) is 3.22. The number of aromatic nitrogens is 2. The molecule has 0 amide bonds. The maximum absolute atomic E-state index is 5.92. The third-order valence-corrected chi connectivity index (χ3v) is 5.15. The summed E-state index contributed by atoms with van der Waals surface area (Å²) in [6, 6.07) is 4.73. The van der Waals surface area contributed by atoms with Crippen molar-refractivity contribution < 1.29 is 0 Å². The fourth-order valence-electron chi connectivity index (χ4n) is 3.41. The molecule has 2 aliphatic rings. The van der Waals surface area contributed by atoms with Crippen molar-refractivity contribution in [3.8, 4) is 11.3 Å². The fourth-order valence-corrected chi connectivity index (χ4v) is 4.06. The van der Waals surface area contributed by atoms with Crippen molar-refractivity contribution >= 4 is 23.1 Å². The van der Waals surface area contributed by atoms with Crippen LogP contribution < -0.4 is 16.0 Å². The van der Waals surface area contributed by atoms with Crippen molar-refractivity contribution in [1.29, 1.82) is 0 Å². The lowest BCUT2D eigenvalue weighted by Crippen LogP contribution is -2.40. The quantitative estimate of drug-likeness (QED) is 0.888. The van der Waals surface area contributed by atoms with Gasteiger partial charge in [-0.1, -0.05) is 0 Å². The summed E-state index contributed by atoms with van der Waals surface area (Å²) in [5.41, 5.74) is 7.95. The summed E-state index contributed by atoms with van der Waals surface area (Å²) in [6.07, 6.45) is 2.59. The Morgan fingerprint density at radius 1 is 1.33 bits per heavy atom. The highest BCUT2D eigenvalue weighted by atomic mass is 32.1. The Morgan fingerprint density at radius 3 is 3.10 bits per heavy atom. The van der Waals surface area contributed by atoms with Crippen molar-refractivity contribution in [2.75, 3.05) is 30.3 Å². The number of rotatable bonds is 2. The first kappa shape index (κ1) is 13.0. The second-order valence-corrected chi connectivity index (χ2v) is 6.63. The molecule has 4 rings (SSSR count). The standard InChI is InChI=1S/C15H19N5S/c16-15-18-12(11-3-5-21-9-11)6-14(19-15)20-7-10-2-1-4-17-13(10)8-20/h3,5-6,9-10,13,17H,1-2,4,7-8H2,(H2,16,18,19)/t10-,13+/m1/s1. The van der Waals surface area contributed by atoms with Gasteiger partial charge in [0.25, 0.3) is 0 Å². The Bertz CT molecular complexity index is 613. The minimum atomic E-state index is 0.358. The van der Waals surface area contributed by atoms with E-state index >= 15 is 0 Å². The summed E-state index contributed by atoms with van der Waals surface area (Å²) < 4.78 is 0. The van der Waals surface area contributed by atoms with Crippen molar-refractivity contribution in [2.45, 2.75) is 18.9 Å². The average Bonchev–Trinajstić information content (AvgIpc) is 3.16. The molecule has 2 aromatic heterocycles. The van der Waals surface area contributed by atoms with Crippen LogP contribution in [0.15, 0.2) is 22.9 Å². The second-order valence-electron chi connectivity index (χ2n) is 5.85. The third-order valence-electron chi connectivity index (χ3n) is 4.47. The van der Waals surface area contributed by atoms with Gasteiger partial charge in [-0.2, -0.15) is 16.3 Å². The zero-order chi connectivity index (χ0) is 14.2. The van der Waals surface area contributed by atoms with Gasteiger partial charge in [0.15, 0.2) is 0 Å². The normalized spacial score (nSPS) is 25.0. The van der Waals surface area contributed by atoms with Crippen LogP contribution in [0.25, 0.3) is 11.3 Å². The lowest BCUT2D eigenvalue weighted by molar-refractivity contribution is 0.340. The number of fused-ring (bicyclic) bond motifs is 1. The molecule has 0 bridgehead atoms. The molecule has 21 heavy (non-hydrogen) atoms. The molecule has 2 saturated heterocycles. The van der Waals surface area contributed by atoms with E-state index in [9.17, 15) is 0 Å². The van der Waals surface area contributed by atoms with Gasteiger partial charge in [-0.05, 0) is 36.8 Å². The van der Waals surface area contributed by atoms with E-state index in [-0.39, 0.29) is 0 Å². The molecule has 0 unspecified atom stereocenters. The van der Waals surface area contributed by atoms with Crippen LogP contribution in [0.5, 0.6) is 0 Å². The number of hydrogen-bond donors (Lipinski definition) is 2. The van der Waals surface area contributed by atoms with Crippen molar-refractivity contribution in [2.24, 2.45) is 5.92 Å². The van der Waals surface area contributed by atoms with Gasteiger partial charge in [0, 0.05) is 36.1 Å². The molecule has 110 valence electrons. The van der Waals surface area contributed by atoms with Gasteiger partial charge < -0.3 is 16.0 Å². The topological polar surface area (TPSA) is 67.1 Å². The van der Waals surface area contributed by atoms with Gasteiger partial charge in [-0.25, -0.2) is 4.98 Å². The first-order valence-electron chi connectivity index (χ1n) is 7.45. The van der Waals surface area contributed by atoms with E-state index in [0.717, 1.165) is 42.6 Å². The van der Waals surface area contributed by atoms with Crippen molar-refractivity contribution in [3.63, 3.8) is 0 Å². The zero-order valence-corrected chi connectivity index (χ0v) is 12.6. The Labute approximate surface area is 128 Å². The number of thiophene rings is 1. The highest BCUT2D eigenvalue weighted by Crippen LogP contribution is 2.30. The number of anilines is 2. The van der Waals surface area contributed by atoms with Gasteiger partial charge in [0.1, 0.15) is 5.82 Å². The molecule has 2 aliphatic heterocycles. The summed E-state index contributed by atoms with van der Waals surface area (Å²) >= 11 is 1.67. The molecule has 2 atom stereocenters. The molecular formula is C15H19N5S. The van der Waals surface area contributed by atoms with Gasteiger partial charge in [-0.15, -0.1) is 0 Å². The molecule has 4 heterocycles. The van der Waals surface area contributed by atoms with Crippen molar-refractivity contribution in [1.82, 2.24) is 15.3 Å². The molecule has 0 saturated carbocycles. The number of hydrogen-bond acceptors (Lipinski definition) is 6. The predicted molar refractivity (Wildman–Crippen MR) is 86.5 cm³/mol. The summed E-state index contributed by atoms with van der Waals surface area (Å²) in [7, 11) is 0. The number of nitrogens with one attached hydrogen (secondary N) is 1. The molecule has 0 aliphatic carbocycles. The molecule has 0 spiro atoms. The minimum absolute atomic E-state index is 0.358. The van der Waals surface area contributed by atoms with Crippen LogP contribution in [-0.4, -0.2) is 35.6 Å². The van der Waals surface area contributed by atoms with Crippen molar-refractivity contribution in [3.05, 3.63) is 22.9 Å². The van der Waals surface area contributed by atoms with Crippen LogP contribution in [0, 0.1) is 5.92 Å². The van der Waals surface area contributed by atoms with E-state index < -0.39 is 0 Å². The van der Waals surface area contributed by atoms with Gasteiger partial charge in [-0.3, -0.25) is 0 Å². The van der Waals surface area contributed by atoms with E-state index in [0.29, 0.717) is 12.0 Å². The molecule has 2 fully saturated rings. The third kappa shape index (κ3) is 2.49. The summed E-state index contributed by atoms with van der Waals surface area (Å²) in [5.74, 6) is 2.05. The number of nitrogen functional groups attached to an aromatic ring is 1. The number of nitrogens with two attached hydrogens (primary N) is 1. The maximum atomic E-state index is 5.92. The lowest BCUT2D eigenvalue weighted by atomic mass is 9.94. The molecule has 5 nitrogen and oxygen atoms in total. The molecule has 0 radical (unpaired) electrons. The fraction of sp³-hybridized carbons (Fsp3) is 0.467. The smallest absolute Gasteiger partial charge is 0.222 e. The van der Waals surface area contributed by atoms with Crippen LogP contribution in [-0.2, 0) is 0 Å². The van der Waals surface area contributed by atoms with Gasteiger partial charge in [0.05, 0.1) is 5.69 Å². The molecule has 2 aromatic rings. The SMILES string of the molecule is Nc1nc(-c2ccsc2)cc(N2C[C@H]3CCCN[C@H]3C2)n1. The first-order chi connectivity index (χ1) is 10.3. The van der Waals surface area contributed by atoms with Crippen LogP contribution in [0.3, 0.4) is 0 Å². The van der Waals surface area contributed by atoms with Crippen LogP contribution in [0.1, 0.15) is 12.8 Å². The highest BCUT2D eigenvalue weighted by molar-refractivity contribution is 7.08. The number of nitrogens with zero attached hydrogens (tertiary/aromatic N) is 3. The Hall–Kier alpha value is -1.66. The average molecular weight is 301 g/mol. The lowest BCUT2D eigenvalue weighted by Gasteiger charge is -2.24. The van der Waals surface area contributed by atoms with Crippen LogP contribution in [0.4, 0.5) is 11.8 Å². The summed E-state index contributed by atoms with van der Waals surface area (Å²) in [5, 5.41) is 7.77. The Morgan fingerprint density at radius 2 is 2.29 bits per heavy atom. The second kappa shape index (κ2) is 5.27. The van der Waals surface area contributed by atoms with E-state index in [1.165, 1.54) is 12.8 Å². The zero-order valence-electron chi connectivity index (χ0n) is 11.8. The molecular weight excluding hydrogens is 282 g/mol. The summed E-state index contributed by atoms with van der Waals surface area (Å²) in [4.78, 5) is 11.2. The molecule has 3 N–H and O–H groups in total. The van der Waals surface area contributed by atoms with Crippen LogP contribution >= 0.6 is 11.3 Å².